The summed E-state index contributed by atoms with van der Waals surface area (Å²) in [4.78, 5) is 27.4. The number of amides is 1. The van der Waals surface area contributed by atoms with Crippen LogP contribution in [0.1, 0.15) is 16.1 Å². The van der Waals surface area contributed by atoms with Crippen molar-refractivity contribution in [3.8, 4) is 17.2 Å². The molecule has 8 nitrogen and oxygen atoms in total. The van der Waals surface area contributed by atoms with E-state index in [9.17, 15) is 9.59 Å². The molecular formula is C27H23ClN4O4. The van der Waals surface area contributed by atoms with E-state index in [0.717, 1.165) is 16.5 Å². The summed E-state index contributed by atoms with van der Waals surface area (Å²) in [5, 5.41) is 8.93. The second kappa shape index (κ2) is 9.05. The number of methoxy groups -OCH3 is 2. The van der Waals surface area contributed by atoms with Crippen molar-refractivity contribution in [2.24, 2.45) is 7.05 Å². The Bertz CT molecular complexity index is 1700. The molecule has 0 saturated carbocycles. The smallest absolute Gasteiger partial charge is 0.296 e. The van der Waals surface area contributed by atoms with Crippen LogP contribution in [0.15, 0.2) is 65.5 Å². The first-order valence-electron chi connectivity index (χ1n) is 11.1. The minimum Gasteiger partial charge on any atom is -0.495 e. The minimum absolute atomic E-state index is 0.0935. The highest BCUT2D eigenvalue weighted by atomic mass is 35.5. The van der Waals surface area contributed by atoms with Gasteiger partial charge in [0.15, 0.2) is 5.69 Å². The van der Waals surface area contributed by atoms with Gasteiger partial charge in [0.2, 0.25) is 0 Å². The number of hydrogen-bond donors (Lipinski definition) is 1. The third-order valence-electron chi connectivity index (χ3n) is 6.15. The molecule has 5 rings (SSSR count). The molecule has 0 aliphatic rings. The first-order chi connectivity index (χ1) is 17.3. The second-order valence-electron chi connectivity index (χ2n) is 8.34. The molecule has 0 atom stereocenters. The number of nitrogens with zero attached hydrogens (tertiary/aromatic N) is 3. The van der Waals surface area contributed by atoms with E-state index >= 15 is 0 Å². The largest absolute Gasteiger partial charge is 0.495 e. The fourth-order valence-electron chi connectivity index (χ4n) is 4.34. The Labute approximate surface area is 211 Å². The van der Waals surface area contributed by atoms with E-state index in [0.29, 0.717) is 38.8 Å². The maximum absolute atomic E-state index is 13.7. The molecule has 0 aliphatic heterocycles. The summed E-state index contributed by atoms with van der Waals surface area (Å²) in [5.74, 6) is 0.261. The van der Waals surface area contributed by atoms with Crippen LogP contribution in [-0.4, -0.2) is 34.5 Å². The number of aromatic nitrogens is 3. The maximum atomic E-state index is 13.7. The first-order valence-corrected chi connectivity index (χ1v) is 11.5. The maximum Gasteiger partial charge on any atom is 0.296 e. The number of carbonyl (C=O) groups excluding carboxylic acids is 1. The zero-order valence-corrected chi connectivity index (χ0v) is 20.9. The Morgan fingerprint density at radius 3 is 2.39 bits per heavy atom. The summed E-state index contributed by atoms with van der Waals surface area (Å²) in [5.41, 5.74) is 2.89. The van der Waals surface area contributed by atoms with Gasteiger partial charge in [0.25, 0.3) is 11.5 Å². The fourth-order valence-corrected chi connectivity index (χ4v) is 4.58. The summed E-state index contributed by atoms with van der Waals surface area (Å²) < 4.78 is 13.7. The lowest BCUT2D eigenvalue weighted by Crippen LogP contribution is -2.27. The van der Waals surface area contributed by atoms with Gasteiger partial charge in [-0.25, -0.2) is 0 Å². The highest BCUT2D eigenvalue weighted by molar-refractivity contribution is 6.32. The molecule has 2 aromatic heterocycles. The molecule has 1 amide bonds. The average molecular weight is 503 g/mol. The molecule has 0 spiro atoms. The number of ether oxygens (including phenoxy) is 2. The molecule has 9 heteroatoms. The lowest BCUT2D eigenvalue weighted by atomic mass is 10.1. The van der Waals surface area contributed by atoms with Crippen molar-refractivity contribution in [3.05, 3.63) is 87.3 Å². The molecule has 0 radical (unpaired) electrons. The van der Waals surface area contributed by atoms with Crippen LogP contribution in [0.3, 0.4) is 0 Å². The van der Waals surface area contributed by atoms with Crippen LogP contribution < -0.4 is 20.3 Å². The molecule has 3 aromatic carbocycles. The lowest BCUT2D eigenvalue weighted by Gasteiger charge is -2.14. The van der Waals surface area contributed by atoms with Gasteiger partial charge >= 0.3 is 0 Å². The van der Waals surface area contributed by atoms with Crippen LogP contribution in [0.2, 0.25) is 5.02 Å². The average Bonchev–Trinajstić information content (AvgIpc) is 3.18. The van der Waals surface area contributed by atoms with Gasteiger partial charge in [-0.1, -0.05) is 47.5 Å². The van der Waals surface area contributed by atoms with Crippen molar-refractivity contribution in [2.75, 3.05) is 19.5 Å². The van der Waals surface area contributed by atoms with Crippen molar-refractivity contribution < 1.29 is 14.3 Å². The third-order valence-corrected chi connectivity index (χ3v) is 6.45. The van der Waals surface area contributed by atoms with Crippen molar-refractivity contribution in [2.45, 2.75) is 6.92 Å². The first kappa shape index (κ1) is 23.4. The van der Waals surface area contributed by atoms with Crippen LogP contribution in [0.5, 0.6) is 11.5 Å². The van der Waals surface area contributed by atoms with Gasteiger partial charge in [-0.2, -0.15) is 9.78 Å². The van der Waals surface area contributed by atoms with E-state index in [1.807, 2.05) is 43.3 Å². The van der Waals surface area contributed by atoms with Crippen LogP contribution >= 0.6 is 11.6 Å². The van der Waals surface area contributed by atoms with E-state index in [1.54, 1.807) is 35.9 Å². The van der Waals surface area contributed by atoms with E-state index in [2.05, 4.69) is 10.4 Å². The second-order valence-corrected chi connectivity index (χ2v) is 8.75. The van der Waals surface area contributed by atoms with Crippen molar-refractivity contribution in [3.63, 3.8) is 0 Å². The highest BCUT2D eigenvalue weighted by Gasteiger charge is 2.24. The normalized spacial score (nSPS) is 11.1. The zero-order valence-electron chi connectivity index (χ0n) is 20.1. The Kier molecular flexibility index (Phi) is 5.89. The molecule has 182 valence electrons. The Morgan fingerprint density at radius 2 is 1.69 bits per heavy atom. The summed E-state index contributed by atoms with van der Waals surface area (Å²) >= 11 is 6.31. The van der Waals surface area contributed by atoms with Crippen molar-refractivity contribution in [1.29, 1.82) is 0 Å². The Morgan fingerprint density at radius 1 is 1.00 bits per heavy atom. The molecule has 0 bridgehead atoms. The number of hydrogen-bond acceptors (Lipinski definition) is 5. The number of para-hydroxylation sites is 1. The number of rotatable bonds is 5. The Hall–Kier alpha value is -4.30. The van der Waals surface area contributed by atoms with Gasteiger partial charge in [0, 0.05) is 29.4 Å². The molecule has 0 unspecified atom stereocenters. The van der Waals surface area contributed by atoms with Gasteiger partial charge < -0.3 is 19.4 Å². The molecule has 36 heavy (non-hydrogen) atoms. The number of aryl methyl sites for hydroxylation is 2. The van der Waals surface area contributed by atoms with E-state index in [4.69, 9.17) is 21.1 Å². The van der Waals surface area contributed by atoms with Crippen molar-refractivity contribution >= 4 is 45.0 Å². The SMILES string of the molecule is COc1cc(OC)c(NC(=O)c2nn(-c3ccc(C)cc3)c(=O)c3c2c2ccccc2n3C)cc1Cl. The van der Waals surface area contributed by atoms with Crippen molar-refractivity contribution in [1.82, 2.24) is 14.3 Å². The molecule has 0 fully saturated rings. The van der Waals surface area contributed by atoms with Gasteiger partial charge in [0.05, 0.1) is 30.6 Å². The van der Waals surface area contributed by atoms with E-state index < -0.39 is 5.91 Å². The van der Waals surface area contributed by atoms with E-state index in [1.165, 1.54) is 18.9 Å². The standard InChI is InChI=1S/C27H23ClN4O4/c1-15-9-11-16(12-10-15)32-27(34)25-23(17-7-5-6-8-20(17)31(25)2)24(30-32)26(33)29-19-13-18(28)21(35-3)14-22(19)36-4/h5-14H,1-4H3,(H,29,33). The summed E-state index contributed by atoms with van der Waals surface area (Å²) in [6, 6.07) is 18.0. The fraction of sp³-hybridized carbons (Fsp3) is 0.148. The topological polar surface area (TPSA) is 87.4 Å². The van der Waals surface area contributed by atoms with Gasteiger partial charge in [-0.15, -0.1) is 0 Å². The van der Waals surface area contributed by atoms with E-state index in [-0.39, 0.29) is 11.3 Å². The molecule has 0 saturated heterocycles. The van der Waals surface area contributed by atoms with Gasteiger partial charge in [-0.3, -0.25) is 9.59 Å². The van der Waals surface area contributed by atoms with Crippen LogP contribution in [-0.2, 0) is 7.05 Å². The summed E-state index contributed by atoms with van der Waals surface area (Å²) in [7, 11) is 4.78. The number of halogens is 1. The Balaban J connectivity index is 1.76. The molecule has 2 heterocycles. The summed E-state index contributed by atoms with van der Waals surface area (Å²) in [6.07, 6.45) is 0. The zero-order chi connectivity index (χ0) is 25.6. The number of benzene rings is 3. The predicted molar refractivity (Wildman–Crippen MR) is 141 cm³/mol. The number of fused-ring (bicyclic) bond motifs is 3. The van der Waals surface area contributed by atoms with Crippen LogP contribution in [0.25, 0.3) is 27.5 Å². The van der Waals surface area contributed by atoms with Crippen LogP contribution in [0.4, 0.5) is 5.69 Å². The van der Waals surface area contributed by atoms with Gasteiger partial charge in [0.1, 0.15) is 17.0 Å². The molecule has 0 aliphatic carbocycles. The van der Waals surface area contributed by atoms with Crippen LogP contribution in [0, 0.1) is 6.92 Å². The molecule has 5 aromatic rings. The number of carbonyl (C=O) groups is 1. The summed E-state index contributed by atoms with van der Waals surface area (Å²) in [6.45, 7) is 1.96. The monoisotopic (exact) mass is 502 g/mol. The third kappa shape index (κ3) is 3.76. The predicted octanol–water partition coefficient (Wildman–Crippen LogP) is 5.11. The quantitative estimate of drug-likeness (QED) is 0.361. The number of nitrogens with one attached hydrogen (secondary N) is 1. The minimum atomic E-state index is -0.517. The molecule has 1 N–H and O–H groups in total. The highest BCUT2D eigenvalue weighted by Crippen LogP contribution is 2.36. The molecular weight excluding hydrogens is 480 g/mol. The number of anilines is 1. The lowest BCUT2D eigenvalue weighted by molar-refractivity contribution is 0.102. The van der Waals surface area contributed by atoms with Gasteiger partial charge in [-0.05, 0) is 31.2 Å².